The average molecular weight is 253 g/mol. The molecular formula is C12H19N3O3. The molecule has 3 heterocycles. The quantitative estimate of drug-likeness (QED) is 0.788. The average Bonchev–Trinajstić information content (AvgIpc) is 2.73. The van der Waals surface area contributed by atoms with Crippen molar-refractivity contribution in [3.05, 3.63) is 18.5 Å². The Morgan fingerprint density at radius 1 is 1.28 bits per heavy atom. The number of hydrogen-bond donors (Lipinski definition) is 1. The van der Waals surface area contributed by atoms with Crippen LogP contribution in [0.5, 0.6) is 0 Å². The standard InChI is InChI=1S/C12H19N3O3/c16-12(9-17-4-5-18-10-12)8-14-6-11(7-14)15-3-1-2-13-15/h1-3,11,16H,4-10H2. The van der Waals surface area contributed by atoms with E-state index in [4.69, 9.17) is 9.47 Å². The van der Waals surface area contributed by atoms with Crippen molar-refractivity contribution in [2.75, 3.05) is 46.1 Å². The molecule has 0 bridgehead atoms. The summed E-state index contributed by atoms with van der Waals surface area (Å²) < 4.78 is 12.7. The lowest BCUT2D eigenvalue weighted by molar-refractivity contribution is -0.0900. The molecule has 2 fully saturated rings. The Hall–Kier alpha value is -0.950. The molecule has 0 radical (unpaired) electrons. The van der Waals surface area contributed by atoms with Crippen LogP contribution in [0.3, 0.4) is 0 Å². The van der Waals surface area contributed by atoms with Crippen molar-refractivity contribution >= 4 is 0 Å². The summed E-state index contributed by atoms with van der Waals surface area (Å²) in [5.74, 6) is 0. The van der Waals surface area contributed by atoms with Gasteiger partial charge in [-0.05, 0) is 6.07 Å². The molecule has 0 aromatic carbocycles. The molecule has 0 amide bonds. The topological polar surface area (TPSA) is 59.8 Å². The minimum atomic E-state index is -0.869. The second kappa shape index (κ2) is 4.97. The number of aliphatic hydroxyl groups is 1. The molecule has 1 N–H and O–H groups in total. The first-order valence-electron chi connectivity index (χ1n) is 6.35. The van der Waals surface area contributed by atoms with Gasteiger partial charge in [-0.2, -0.15) is 5.10 Å². The first kappa shape index (κ1) is 12.1. The van der Waals surface area contributed by atoms with E-state index in [1.165, 1.54) is 0 Å². The van der Waals surface area contributed by atoms with Crippen LogP contribution in [-0.4, -0.2) is 71.4 Å². The van der Waals surface area contributed by atoms with E-state index in [1.54, 1.807) is 6.20 Å². The smallest absolute Gasteiger partial charge is 0.124 e. The molecule has 0 aliphatic carbocycles. The largest absolute Gasteiger partial charge is 0.384 e. The summed E-state index contributed by atoms with van der Waals surface area (Å²) in [5.41, 5.74) is -0.869. The van der Waals surface area contributed by atoms with Gasteiger partial charge < -0.3 is 14.6 Å². The van der Waals surface area contributed by atoms with E-state index in [0.29, 0.717) is 39.0 Å². The third-order valence-corrected chi connectivity index (χ3v) is 3.47. The van der Waals surface area contributed by atoms with Gasteiger partial charge >= 0.3 is 0 Å². The van der Waals surface area contributed by atoms with Gasteiger partial charge in [-0.1, -0.05) is 0 Å². The summed E-state index contributed by atoms with van der Waals surface area (Å²) in [6.07, 6.45) is 3.78. The summed E-state index contributed by atoms with van der Waals surface area (Å²) in [6, 6.07) is 2.36. The fourth-order valence-corrected chi connectivity index (χ4v) is 2.53. The first-order valence-corrected chi connectivity index (χ1v) is 6.35. The Balaban J connectivity index is 1.50. The molecule has 0 unspecified atom stereocenters. The van der Waals surface area contributed by atoms with Crippen molar-refractivity contribution in [1.29, 1.82) is 0 Å². The highest BCUT2D eigenvalue weighted by molar-refractivity contribution is 4.93. The van der Waals surface area contributed by atoms with Crippen molar-refractivity contribution in [2.24, 2.45) is 0 Å². The van der Waals surface area contributed by atoms with Crippen LogP contribution in [0.4, 0.5) is 0 Å². The van der Waals surface area contributed by atoms with Crippen molar-refractivity contribution < 1.29 is 14.6 Å². The predicted octanol–water partition coefficient (Wildman–Crippen LogP) is -0.482. The fourth-order valence-electron chi connectivity index (χ4n) is 2.53. The Morgan fingerprint density at radius 3 is 2.61 bits per heavy atom. The van der Waals surface area contributed by atoms with Crippen LogP contribution in [0.2, 0.25) is 0 Å². The zero-order valence-electron chi connectivity index (χ0n) is 10.4. The first-order chi connectivity index (χ1) is 8.75. The molecule has 6 nitrogen and oxygen atoms in total. The zero-order chi connectivity index (χ0) is 12.4. The van der Waals surface area contributed by atoms with Crippen molar-refractivity contribution in [3.8, 4) is 0 Å². The van der Waals surface area contributed by atoms with E-state index < -0.39 is 5.60 Å². The predicted molar refractivity (Wildman–Crippen MR) is 64.3 cm³/mol. The summed E-state index contributed by atoms with van der Waals surface area (Å²) in [6.45, 7) is 4.29. The maximum atomic E-state index is 10.4. The van der Waals surface area contributed by atoms with E-state index in [0.717, 1.165) is 13.1 Å². The van der Waals surface area contributed by atoms with E-state index >= 15 is 0 Å². The number of hydrogen-bond acceptors (Lipinski definition) is 5. The minimum absolute atomic E-state index is 0.357. The lowest BCUT2D eigenvalue weighted by Crippen LogP contribution is -2.56. The number of nitrogens with zero attached hydrogens (tertiary/aromatic N) is 3. The Bertz CT molecular complexity index is 368. The molecule has 0 spiro atoms. The van der Waals surface area contributed by atoms with E-state index in [9.17, 15) is 5.11 Å². The van der Waals surface area contributed by atoms with Gasteiger partial charge in [0.1, 0.15) is 5.60 Å². The van der Waals surface area contributed by atoms with Crippen LogP contribution in [0, 0.1) is 0 Å². The maximum absolute atomic E-state index is 10.4. The summed E-state index contributed by atoms with van der Waals surface area (Å²) in [7, 11) is 0. The Labute approximate surface area is 106 Å². The molecular weight excluding hydrogens is 234 g/mol. The van der Waals surface area contributed by atoms with Gasteiger partial charge in [-0.3, -0.25) is 9.58 Å². The number of likely N-dealkylation sites (tertiary alicyclic amines) is 1. The molecule has 2 aliphatic heterocycles. The second-order valence-corrected chi connectivity index (χ2v) is 5.16. The minimum Gasteiger partial charge on any atom is -0.384 e. The maximum Gasteiger partial charge on any atom is 0.124 e. The molecule has 1 aromatic heterocycles. The van der Waals surface area contributed by atoms with Gasteiger partial charge in [0.05, 0.1) is 32.5 Å². The third kappa shape index (κ3) is 2.56. The molecule has 6 heteroatoms. The molecule has 1 aromatic rings. The van der Waals surface area contributed by atoms with Gasteiger partial charge in [-0.25, -0.2) is 0 Å². The normalized spacial score (nSPS) is 25.6. The van der Waals surface area contributed by atoms with Gasteiger partial charge in [-0.15, -0.1) is 0 Å². The molecule has 18 heavy (non-hydrogen) atoms. The van der Waals surface area contributed by atoms with Crippen molar-refractivity contribution in [3.63, 3.8) is 0 Å². The van der Waals surface area contributed by atoms with Crippen molar-refractivity contribution in [2.45, 2.75) is 11.6 Å². The number of ether oxygens (including phenoxy) is 2. The van der Waals surface area contributed by atoms with Gasteiger partial charge in [0, 0.05) is 32.0 Å². The van der Waals surface area contributed by atoms with Gasteiger partial charge in [0.2, 0.25) is 0 Å². The molecule has 2 aliphatic rings. The van der Waals surface area contributed by atoms with Crippen LogP contribution in [-0.2, 0) is 9.47 Å². The lowest BCUT2D eigenvalue weighted by Gasteiger charge is -2.43. The van der Waals surface area contributed by atoms with Gasteiger partial charge in [0.25, 0.3) is 0 Å². The van der Waals surface area contributed by atoms with Crippen LogP contribution >= 0.6 is 0 Å². The summed E-state index contributed by atoms with van der Waals surface area (Å²) >= 11 is 0. The van der Waals surface area contributed by atoms with Crippen LogP contribution in [0.1, 0.15) is 6.04 Å². The molecule has 100 valence electrons. The van der Waals surface area contributed by atoms with Crippen LogP contribution in [0.25, 0.3) is 0 Å². The number of aromatic nitrogens is 2. The summed E-state index contributed by atoms with van der Waals surface area (Å²) in [4.78, 5) is 2.21. The molecule has 3 rings (SSSR count). The van der Waals surface area contributed by atoms with E-state index in [2.05, 4.69) is 10.00 Å². The number of rotatable bonds is 3. The highest BCUT2D eigenvalue weighted by Crippen LogP contribution is 2.23. The van der Waals surface area contributed by atoms with Crippen molar-refractivity contribution in [1.82, 2.24) is 14.7 Å². The molecule has 0 saturated carbocycles. The molecule has 2 saturated heterocycles. The zero-order valence-corrected chi connectivity index (χ0v) is 10.4. The Morgan fingerprint density at radius 2 is 2.00 bits per heavy atom. The monoisotopic (exact) mass is 253 g/mol. The molecule has 0 atom stereocenters. The van der Waals surface area contributed by atoms with E-state index in [-0.39, 0.29) is 0 Å². The highest BCUT2D eigenvalue weighted by Gasteiger charge is 2.37. The number of β-amino-alcohol motifs (C(OH)–C–C–N with tert-alkyl or cyclic N) is 1. The second-order valence-electron chi connectivity index (χ2n) is 5.16. The fraction of sp³-hybridized carbons (Fsp3) is 0.750. The highest BCUT2D eigenvalue weighted by atomic mass is 16.6. The van der Waals surface area contributed by atoms with Crippen LogP contribution < -0.4 is 0 Å². The van der Waals surface area contributed by atoms with Gasteiger partial charge in [0.15, 0.2) is 0 Å². The van der Waals surface area contributed by atoms with Crippen LogP contribution in [0.15, 0.2) is 18.5 Å². The summed E-state index contributed by atoms with van der Waals surface area (Å²) in [5, 5.41) is 14.6. The third-order valence-electron chi connectivity index (χ3n) is 3.47. The SMILES string of the molecule is OC1(CN2CC(n3cccn3)C2)COCCOC1. The Kier molecular flexibility index (Phi) is 3.34. The van der Waals surface area contributed by atoms with E-state index in [1.807, 2.05) is 16.9 Å². The lowest BCUT2D eigenvalue weighted by atomic mass is 10.0.